The highest BCUT2D eigenvalue weighted by atomic mass is 32.2. The fourth-order valence-corrected chi connectivity index (χ4v) is 3.66. The van der Waals surface area contributed by atoms with E-state index in [0.717, 1.165) is 54.2 Å². The Kier molecular flexibility index (Phi) is 5.20. The van der Waals surface area contributed by atoms with Gasteiger partial charge in [-0.1, -0.05) is 0 Å². The minimum atomic E-state index is -4.13. The molecule has 0 atom stereocenters. The van der Waals surface area contributed by atoms with E-state index in [1.54, 1.807) is 0 Å². The molecule has 0 spiro atoms. The van der Waals surface area contributed by atoms with Crippen molar-refractivity contribution in [1.82, 2.24) is 0 Å². The van der Waals surface area contributed by atoms with Crippen molar-refractivity contribution in [1.29, 1.82) is 0 Å². The van der Waals surface area contributed by atoms with Crippen LogP contribution >= 0.6 is 0 Å². The van der Waals surface area contributed by atoms with Crippen LogP contribution in [-0.4, -0.2) is 57.7 Å². The Labute approximate surface area is 131 Å². The second kappa shape index (κ2) is 6.76. The van der Waals surface area contributed by atoms with Crippen molar-refractivity contribution in [2.24, 2.45) is 0 Å². The van der Waals surface area contributed by atoms with Gasteiger partial charge in [0.05, 0.1) is 38.5 Å². The van der Waals surface area contributed by atoms with Crippen LogP contribution in [0.1, 0.15) is 21.5 Å². The van der Waals surface area contributed by atoms with Crippen LogP contribution in [0.5, 0.6) is 0 Å². The topological polar surface area (TPSA) is 82.0 Å². The zero-order valence-electron chi connectivity index (χ0n) is 13.0. The number of carbonyl (C=O) groups is 1. The molecule has 1 N–H and O–H groups in total. The Morgan fingerprint density at radius 3 is 2.23 bits per heavy atom. The molecule has 1 heterocycles. The van der Waals surface area contributed by atoms with Crippen LogP contribution in [0.2, 0.25) is 0 Å². The predicted molar refractivity (Wildman–Crippen MR) is 83.6 cm³/mol. The molecular formula is C15H22N2O4S. The van der Waals surface area contributed by atoms with Crippen molar-refractivity contribution in [3.63, 3.8) is 0 Å². The van der Waals surface area contributed by atoms with Gasteiger partial charge in [0, 0.05) is 11.3 Å². The second-order valence-electron chi connectivity index (χ2n) is 5.87. The zero-order chi connectivity index (χ0) is 16.3. The van der Waals surface area contributed by atoms with E-state index >= 15 is 0 Å². The van der Waals surface area contributed by atoms with Gasteiger partial charge in [0.2, 0.25) is 0 Å². The van der Waals surface area contributed by atoms with Gasteiger partial charge in [0.25, 0.3) is 0 Å². The first kappa shape index (κ1) is 16.9. The van der Waals surface area contributed by atoms with Gasteiger partial charge in [-0.2, -0.15) is 0 Å². The number of hydrogen-bond acceptors (Lipinski definition) is 5. The molecule has 0 aliphatic carbocycles. The maximum atomic E-state index is 10.9. The summed E-state index contributed by atoms with van der Waals surface area (Å²) in [5.41, 5.74) is 3.99. The third-order valence-corrected chi connectivity index (χ3v) is 4.85. The molecule has 7 heteroatoms. The number of nitrogens with one attached hydrogen (secondary N) is 1. The summed E-state index contributed by atoms with van der Waals surface area (Å²) in [5.74, 6) is -0.297. The van der Waals surface area contributed by atoms with Crippen molar-refractivity contribution in [3.05, 3.63) is 28.8 Å². The SMILES string of the molecule is Cc1cc(C=O)cc(C)c1N1CC[NH+](CCS(=O)(=O)[O-])CC1. The van der Waals surface area contributed by atoms with Crippen LogP contribution in [0.4, 0.5) is 5.69 Å². The van der Waals surface area contributed by atoms with E-state index in [1.165, 1.54) is 0 Å². The third-order valence-electron chi connectivity index (χ3n) is 4.14. The Hall–Kier alpha value is -1.44. The van der Waals surface area contributed by atoms with E-state index in [2.05, 4.69) is 4.90 Å². The summed E-state index contributed by atoms with van der Waals surface area (Å²) >= 11 is 0. The first-order valence-electron chi connectivity index (χ1n) is 7.38. The number of piperazine rings is 1. The molecule has 0 aromatic heterocycles. The van der Waals surface area contributed by atoms with Crippen LogP contribution in [0.15, 0.2) is 12.1 Å². The number of aldehydes is 1. The van der Waals surface area contributed by atoms with E-state index in [-0.39, 0.29) is 5.75 Å². The predicted octanol–water partition coefficient (Wildman–Crippen LogP) is -0.634. The minimum Gasteiger partial charge on any atom is -0.748 e. The van der Waals surface area contributed by atoms with Crippen molar-refractivity contribution in [3.8, 4) is 0 Å². The summed E-state index contributed by atoms with van der Waals surface area (Å²) in [6, 6.07) is 3.77. The maximum absolute atomic E-state index is 10.9. The van der Waals surface area contributed by atoms with E-state index < -0.39 is 10.1 Å². The summed E-state index contributed by atoms with van der Waals surface area (Å²) in [6.45, 7) is 7.62. The number of anilines is 1. The Bertz CT molecular complexity index is 627. The van der Waals surface area contributed by atoms with Crippen molar-refractivity contribution in [2.75, 3.05) is 43.4 Å². The monoisotopic (exact) mass is 326 g/mol. The van der Waals surface area contributed by atoms with Gasteiger partial charge >= 0.3 is 0 Å². The van der Waals surface area contributed by atoms with E-state index in [4.69, 9.17) is 0 Å². The lowest BCUT2D eigenvalue weighted by Crippen LogP contribution is -3.15. The molecule has 122 valence electrons. The molecule has 22 heavy (non-hydrogen) atoms. The maximum Gasteiger partial charge on any atom is 0.150 e. The van der Waals surface area contributed by atoms with Crippen LogP contribution in [0.3, 0.4) is 0 Å². The standard InChI is InChI=1S/C15H22N2O4S/c1-12-9-14(11-18)10-13(2)15(12)17-5-3-16(4-6-17)7-8-22(19,20)21/h9-11H,3-8H2,1-2H3,(H,19,20,21). The van der Waals surface area contributed by atoms with Gasteiger partial charge in [0.15, 0.2) is 0 Å². The molecule has 0 saturated carbocycles. The molecule has 1 saturated heterocycles. The summed E-state index contributed by atoms with van der Waals surface area (Å²) in [4.78, 5) is 14.3. The van der Waals surface area contributed by atoms with Gasteiger partial charge in [-0.25, -0.2) is 8.42 Å². The molecule has 6 nitrogen and oxygen atoms in total. The van der Waals surface area contributed by atoms with Crippen molar-refractivity contribution in [2.45, 2.75) is 13.8 Å². The number of aryl methyl sites for hydroxylation is 2. The summed E-state index contributed by atoms with van der Waals surface area (Å²) < 4.78 is 32.1. The lowest BCUT2D eigenvalue weighted by atomic mass is 10.0. The van der Waals surface area contributed by atoms with Gasteiger partial charge in [-0.15, -0.1) is 0 Å². The average molecular weight is 326 g/mol. The summed E-state index contributed by atoms with van der Waals surface area (Å²) in [5, 5.41) is 0. The van der Waals surface area contributed by atoms with Gasteiger partial charge in [0.1, 0.15) is 16.4 Å². The van der Waals surface area contributed by atoms with E-state index in [0.29, 0.717) is 12.1 Å². The van der Waals surface area contributed by atoms with Crippen LogP contribution in [0, 0.1) is 13.8 Å². The molecule has 1 aliphatic rings. The number of carbonyl (C=O) groups excluding carboxylic acids is 1. The highest BCUT2D eigenvalue weighted by Gasteiger charge is 2.22. The molecule has 1 aliphatic heterocycles. The second-order valence-corrected chi connectivity index (χ2v) is 7.39. The third kappa shape index (κ3) is 4.28. The smallest absolute Gasteiger partial charge is 0.150 e. The van der Waals surface area contributed by atoms with E-state index in [1.807, 2.05) is 26.0 Å². The molecule has 1 fully saturated rings. The highest BCUT2D eigenvalue weighted by molar-refractivity contribution is 7.85. The Balaban J connectivity index is 2.01. The lowest BCUT2D eigenvalue weighted by molar-refractivity contribution is -0.898. The molecule has 1 aromatic carbocycles. The van der Waals surface area contributed by atoms with Crippen molar-refractivity contribution >= 4 is 22.1 Å². The normalized spacial score (nSPS) is 16.8. The molecule has 0 amide bonds. The minimum absolute atomic E-state index is 0.297. The number of benzene rings is 1. The van der Waals surface area contributed by atoms with E-state index in [9.17, 15) is 17.8 Å². The average Bonchev–Trinajstić information content (AvgIpc) is 2.44. The highest BCUT2D eigenvalue weighted by Crippen LogP contribution is 2.25. The molecule has 1 aromatic rings. The van der Waals surface area contributed by atoms with Gasteiger partial charge in [-0.05, 0) is 37.1 Å². The molecular weight excluding hydrogens is 304 g/mol. The largest absolute Gasteiger partial charge is 0.748 e. The fraction of sp³-hybridized carbons (Fsp3) is 0.533. The lowest BCUT2D eigenvalue weighted by Gasteiger charge is -2.35. The first-order chi connectivity index (χ1) is 10.3. The number of hydrogen-bond donors (Lipinski definition) is 1. The quantitative estimate of drug-likeness (QED) is 0.575. The Morgan fingerprint density at radius 2 is 1.77 bits per heavy atom. The number of rotatable bonds is 5. The number of quaternary nitrogens is 1. The van der Waals surface area contributed by atoms with Crippen LogP contribution < -0.4 is 9.80 Å². The van der Waals surface area contributed by atoms with Gasteiger partial charge < -0.3 is 14.4 Å². The van der Waals surface area contributed by atoms with Crippen molar-refractivity contribution < 1.29 is 22.7 Å². The summed E-state index contributed by atoms with van der Waals surface area (Å²) in [6.07, 6.45) is 0.856. The zero-order valence-corrected chi connectivity index (χ0v) is 13.8. The van der Waals surface area contributed by atoms with Crippen LogP contribution in [-0.2, 0) is 10.1 Å². The summed E-state index contributed by atoms with van der Waals surface area (Å²) in [7, 11) is -4.13. The molecule has 0 unspecified atom stereocenters. The molecule has 0 bridgehead atoms. The van der Waals surface area contributed by atoms with Crippen LogP contribution in [0.25, 0.3) is 0 Å². The Morgan fingerprint density at radius 1 is 1.23 bits per heavy atom. The number of nitrogens with zero attached hydrogens (tertiary/aromatic N) is 1. The molecule has 0 radical (unpaired) electrons. The molecule has 2 rings (SSSR count). The van der Waals surface area contributed by atoms with Gasteiger partial charge in [-0.3, -0.25) is 4.79 Å². The first-order valence-corrected chi connectivity index (χ1v) is 8.96. The fourth-order valence-electron chi connectivity index (χ4n) is 3.12.